The standard InChI is InChI=1S/C15H22F4O2/c1-14(16,17)15(18,19)6-2-3-7-21-13(20)12-9-10-4-5-11(12)8-10/h10-12H,2-9H2,1H3. The molecule has 0 aromatic rings. The van der Waals surface area contributed by atoms with Gasteiger partial charge in [0.25, 0.3) is 0 Å². The number of hydrogen-bond donors (Lipinski definition) is 0. The van der Waals surface area contributed by atoms with E-state index in [9.17, 15) is 22.4 Å². The highest BCUT2D eigenvalue weighted by molar-refractivity contribution is 5.73. The largest absolute Gasteiger partial charge is 0.465 e. The highest BCUT2D eigenvalue weighted by atomic mass is 19.3. The fraction of sp³-hybridized carbons (Fsp3) is 0.933. The van der Waals surface area contributed by atoms with E-state index in [1.165, 1.54) is 6.42 Å². The monoisotopic (exact) mass is 310 g/mol. The molecular weight excluding hydrogens is 288 g/mol. The molecule has 0 N–H and O–H groups in total. The van der Waals surface area contributed by atoms with Gasteiger partial charge < -0.3 is 4.74 Å². The summed E-state index contributed by atoms with van der Waals surface area (Å²) in [5.74, 6) is -7.22. The van der Waals surface area contributed by atoms with Gasteiger partial charge in [-0.2, -0.15) is 8.78 Å². The summed E-state index contributed by atoms with van der Waals surface area (Å²) in [6.07, 6.45) is 3.46. The maximum absolute atomic E-state index is 13.0. The third-order valence-corrected chi connectivity index (χ3v) is 4.81. The van der Waals surface area contributed by atoms with E-state index in [-0.39, 0.29) is 38.3 Å². The Morgan fingerprint density at radius 2 is 1.86 bits per heavy atom. The van der Waals surface area contributed by atoms with Crippen LogP contribution in [0, 0.1) is 17.8 Å². The number of fused-ring (bicyclic) bond motifs is 2. The first kappa shape index (κ1) is 16.6. The van der Waals surface area contributed by atoms with Crippen molar-refractivity contribution < 1.29 is 27.1 Å². The molecular formula is C15H22F4O2. The zero-order valence-corrected chi connectivity index (χ0v) is 12.2. The van der Waals surface area contributed by atoms with Crippen LogP contribution < -0.4 is 0 Å². The Morgan fingerprint density at radius 1 is 1.14 bits per heavy atom. The highest BCUT2D eigenvalue weighted by Gasteiger charge is 2.51. The van der Waals surface area contributed by atoms with Crippen LogP contribution in [0.2, 0.25) is 0 Å². The summed E-state index contributed by atoms with van der Waals surface area (Å²) in [6, 6.07) is 0. The number of halogens is 4. The quantitative estimate of drug-likeness (QED) is 0.395. The molecule has 0 aromatic carbocycles. The summed E-state index contributed by atoms with van der Waals surface area (Å²) in [4.78, 5) is 11.9. The number of carbonyl (C=O) groups is 1. The molecule has 0 aliphatic heterocycles. The summed E-state index contributed by atoms with van der Waals surface area (Å²) < 4.78 is 56.3. The van der Waals surface area contributed by atoms with E-state index in [2.05, 4.69) is 0 Å². The Bertz CT molecular complexity index is 378. The van der Waals surface area contributed by atoms with Crippen LogP contribution in [0.1, 0.15) is 51.9 Å². The predicted octanol–water partition coefficient (Wildman–Crippen LogP) is 4.43. The third kappa shape index (κ3) is 3.89. The minimum absolute atomic E-state index is 0.0369. The number of ether oxygens (including phenoxy) is 1. The fourth-order valence-corrected chi connectivity index (χ4v) is 3.48. The van der Waals surface area contributed by atoms with Crippen molar-refractivity contribution in [3.05, 3.63) is 0 Å². The van der Waals surface area contributed by atoms with Gasteiger partial charge in [0.05, 0.1) is 12.5 Å². The second-order valence-corrected chi connectivity index (χ2v) is 6.50. The Labute approximate surface area is 122 Å². The van der Waals surface area contributed by atoms with Gasteiger partial charge in [0.2, 0.25) is 0 Å². The minimum Gasteiger partial charge on any atom is -0.465 e. The predicted molar refractivity (Wildman–Crippen MR) is 69.3 cm³/mol. The molecule has 3 atom stereocenters. The molecule has 0 aromatic heterocycles. The number of unbranched alkanes of at least 4 members (excludes halogenated alkanes) is 1. The SMILES string of the molecule is CC(F)(F)C(F)(F)CCCCOC(=O)C1CC2CCC1C2. The molecule has 2 bridgehead atoms. The fourth-order valence-electron chi connectivity index (χ4n) is 3.48. The van der Waals surface area contributed by atoms with Gasteiger partial charge in [-0.3, -0.25) is 4.79 Å². The molecule has 0 spiro atoms. The van der Waals surface area contributed by atoms with E-state index in [1.54, 1.807) is 0 Å². The summed E-state index contributed by atoms with van der Waals surface area (Å²) in [5, 5.41) is 0. The van der Waals surface area contributed by atoms with E-state index >= 15 is 0 Å². The Morgan fingerprint density at radius 3 is 2.38 bits per heavy atom. The third-order valence-electron chi connectivity index (χ3n) is 4.81. The van der Waals surface area contributed by atoms with Gasteiger partial charge in [-0.1, -0.05) is 6.42 Å². The van der Waals surface area contributed by atoms with Crippen LogP contribution >= 0.6 is 0 Å². The van der Waals surface area contributed by atoms with Crippen molar-refractivity contribution in [1.29, 1.82) is 0 Å². The van der Waals surface area contributed by atoms with E-state index < -0.39 is 18.3 Å². The van der Waals surface area contributed by atoms with Gasteiger partial charge in [0, 0.05) is 13.3 Å². The number of rotatable bonds is 7. The molecule has 122 valence electrons. The molecule has 0 heterocycles. The van der Waals surface area contributed by atoms with Gasteiger partial charge in [-0.25, -0.2) is 8.78 Å². The van der Waals surface area contributed by atoms with Crippen molar-refractivity contribution in [3.63, 3.8) is 0 Å². The van der Waals surface area contributed by atoms with E-state index in [1.807, 2.05) is 0 Å². The molecule has 3 unspecified atom stereocenters. The highest BCUT2D eigenvalue weighted by Crippen LogP contribution is 2.48. The van der Waals surface area contributed by atoms with E-state index in [0.29, 0.717) is 11.8 Å². The van der Waals surface area contributed by atoms with Crippen LogP contribution in [0.5, 0.6) is 0 Å². The zero-order valence-electron chi connectivity index (χ0n) is 12.2. The maximum atomic E-state index is 13.0. The molecule has 2 rings (SSSR count). The molecule has 2 fully saturated rings. The Balaban J connectivity index is 1.61. The van der Waals surface area contributed by atoms with Gasteiger partial charge in [-0.05, 0) is 43.9 Å². The first-order chi connectivity index (χ1) is 9.71. The average molecular weight is 310 g/mol. The van der Waals surface area contributed by atoms with Gasteiger partial charge in [-0.15, -0.1) is 0 Å². The number of esters is 1. The number of hydrogen-bond acceptors (Lipinski definition) is 2. The van der Waals surface area contributed by atoms with E-state index in [0.717, 1.165) is 19.3 Å². The lowest BCUT2D eigenvalue weighted by molar-refractivity contribution is -0.201. The van der Waals surface area contributed by atoms with Crippen molar-refractivity contribution in [2.45, 2.75) is 63.7 Å². The van der Waals surface area contributed by atoms with Crippen molar-refractivity contribution >= 4 is 5.97 Å². The number of carbonyl (C=O) groups excluding carboxylic acids is 1. The molecule has 0 saturated heterocycles. The second kappa shape index (κ2) is 6.13. The summed E-state index contributed by atoms with van der Waals surface area (Å²) in [6.45, 7) is 0.264. The molecule has 0 amide bonds. The van der Waals surface area contributed by atoms with Gasteiger partial charge in [0.1, 0.15) is 0 Å². The first-order valence-corrected chi connectivity index (χ1v) is 7.63. The lowest BCUT2D eigenvalue weighted by atomic mass is 9.89. The van der Waals surface area contributed by atoms with Crippen molar-refractivity contribution in [2.24, 2.45) is 17.8 Å². The molecule has 2 aliphatic carbocycles. The lowest BCUT2D eigenvalue weighted by Crippen LogP contribution is -2.37. The first-order valence-electron chi connectivity index (χ1n) is 7.63. The normalized spacial score (nSPS) is 28.9. The Hall–Kier alpha value is -0.810. The van der Waals surface area contributed by atoms with Crippen LogP contribution in [-0.2, 0) is 9.53 Å². The van der Waals surface area contributed by atoms with Crippen LogP contribution in [0.25, 0.3) is 0 Å². The van der Waals surface area contributed by atoms with Crippen molar-refractivity contribution in [2.75, 3.05) is 6.61 Å². The lowest BCUT2D eigenvalue weighted by Gasteiger charge is -2.23. The Kier molecular flexibility index (Phi) is 4.83. The molecule has 2 aliphatic rings. The van der Waals surface area contributed by atoms with Crippen molar-refractivity contribution in [3.8, 4) is 0 Å². The molecule has 21 heavy (non-hydrogen) atoms. The summed E-state index contributed by atoms with van der Waals surface area (Å²) in [5.41, 5.74) is 0. The van der Waals surface area contributed by atoms with E-state index in [4.69, 9.17) is 4.74 Å². The van der Waals surface area contributed by atoms with Crippen LogP contribution in [0.3, 0.4) is 0 Å². The topological polar surface area (TPSA) is 26.3 Å². The molecule has 6 heteroatoms. The average Bonchev–Trinajstić information content (AvgIpc) is 2.98. The second-order valence-electron chi connectivity index (χ2n) is 6.50. The van der Waals surface area contributed by atoms with Crippen LogP contribution in [-0.4, -0.2) is 24.4 Å². The summed E-state index contributed by atoms with van der Waals surface area (Å²) in [7, 11) is 0. The molecule has 0 radical (unpaired) electrons. The maximum Gasteiger partial charge on any atom is 0.309 e. The number of alkyl halides is 4. The van der Waals surface area contributed by atoms with Crippen LogP contribution in [0.15, 0.2) is 0 Å². The van der Waals surface area contributed by atoms with Crippen molar-refractivity contribution in [1.82, 2.24) is 0 Å². The zero-order chi connectivity index (χ0) is 15.7. The molecule has 2 nitrogen and oxygen atoms in total. The minimum atomic E-state index is -4.01. The summed E-state index contributed by atoms with van der Waals surface area (Å²) >= 11 is 0. The smallest absolute Gasteiger partial charge is 0.309 e. The van der Waals surface area contributed by atoms with Crippen LogP contribution in [0.4, 0.5) is 17.6 Å². The molecule has 2 saturated carbocycles. The van der Waals surface area contributed by atoms with Gasteiger partial charge in [0.15, 0.2) is 0 Å². The van der Waals surface area contributed by atoms with Gasteiger partial charge >= 0.3 is 17.8 Å².